The van der Waals surface area contributed by atoms with Crippen molar-refractivity contribution in [2.24, 2.45) is 35.5 Å². The van der Waals surface area contributed by atoms with Crippen molar-refractivity contribution in [3.05, 3.63) is 24.3 Å². The average Bonchev–Trinajstić information content (AvgIpc) is 3.13. The van der Waals surface area contributed by atoms with E-state index in [1.807, 2.05) is 0 Å². The van der Waals surface area contributed by atoms with Crippen molar-refractivity contribution in [3.63, 3.8) is 0 Å². The van der Waals surface area contributed by atoms with Crippen molar-refractivity contribution in [3.8, 4) is 0 Å². The van der Waals surface area contributed by atoms with Gasteiger partial charge in [0.05, 0.1) is 0 Å². The quantitative estimate of drug-likeness (QED) is 0.528. The molecule has 4 rings (SSSR count). The summed E-state index contributed by atoms with van der Waals surface area (Å²) in [5.41, 5.74) is 0. The van der Waals surface area contributed by atoms with Gasteiger partial charge in [-0.05, 0) is 67.6 Å². The second kappa shape index (κ2) is 4.52. The maximum atomic E-state index is 5.98. The molecule has 6 atom stereocenters. The van der Waals surface area contributed by atoms with Gasteiger partial charge in [-0.1, -0.05) is 24.3 Å². The molecule has 1 nitrogen and oxygen atoms in total. The standard InChI is InChI=1S/C17H24O/c1-3-14-7-12(1)9-16(14)5-6-18-11-17-10-13-2-4-15(17)8-13/h1-4,12-17H,5-11H2. The topological polar surface area (TPSA) is 9.23 Å². The molecule has 0 N–H and O–H groups in total. The fourth-order valence-corrected chi connectivity index (χ4v) is 4.78. The number of ether oxygens (including phenoxy) is 1. The smallest absolute Gasteiger partial charge is 0.0500 e. The van der Waals surface area contributed by atoms with E-state index in [9.17, 15) is 0 Å². The van der Waals surface area contributed by atoms with E-state index >= 15 is 0 Å². The van der Waals surface area contributed by atoms with Crippen LogP contribution in [0.4, 0.5) is 0 Å². The second-order valence-corrected chi connectivity index (χ2v) is 6.94. The molecule has 4 bridgehead atoms. The monoisotopic (exact) mass is 244 g/mol. The second-order valence-electron chi connectivity index (χ2n) is 6.94. The predicted molar refractivity (Wildman–Crippen MR) is 73.1 cm³/mol. The van der Waals surface area contributed by atoms with Gasteiger partial charge in [0.15, 0.2) is 0 Å². The highest BCUT2D eigenvalue weighted by atomic mass is 16.5. The van der Waals surface area contributed by atoms with E-state index < -0.39 is 0 Å². The molecule has 98 valence electrons. The molecule has 2 saturated carbocycles. The summed E-state index contributed by atoms with van der Waals surface area (Å²) in [7, 11) is 0. The maximum absolute atomic E-state index is 5.98. The number of hydrogen-bond acceptors (Lipinski definition) is 1. The SMILES string of the molecule is C1=CC2CC1CC2CCOCC1CC2C=CC1C2. The zero-order valence-corrected chi connectivity index (χ0v) is 11.1. The minimum Gasteiger partial charge on any atom is -0.381 e. The molecule has 4 aliphatic rings. The Hall–Kier alpha value is -0.560. The van der Waals surface area contributed by atoms with E-state index in [4.69, 9.17) is 4.74 Å². The van der Waals surface area contributed by atoms with Gasteiger partial charge in [0.1, 0.15) is 0 Å². The van der Waals surface area contributed by atoms with Crippen LogP contribution in [0.3, 0.4) is 0 Å². The first-order valence-electron chi connectivity index (χ1n) is 7.83. The van der Waals surface area contributed by atoms with Crippen molar-refractivity contribution in [2.75, 3.05) is 13.2 Å². The van der Waals surface area contributed by atoms with Gasteiger partial charge in [-0.2, -0.15) is 0 Å². The predicted octanol–water partition coefficient (Wildman–Crippen LogP) is 3.82. The third-order valence-electron chi connectivity index (χ3n) is 5.80. The Morgan fingerprint density at radius 3 is 2.00 bits per heavy atom. The van der Waals surface area contributed by atoms with Crippen LogP contribution in [0.1, 0.15) is 32.1 Å². The lowest BCUT2D eigenvalue weighted by molar-refractivity contribution is 0.0783. The molecule has 2 fully saturated rings. The minimum absolute atomic E-state index is 0.833. The lowest BCUT2D eigenvalue weighted by Crippen LogP contribution is -2.17. The van der Waals surface area contributed by atoms with Crippen LogP contribution in [0.2, 0.25) is 0 Å². The zero-order valence-electron chi connectivity index (χ0n) is 11.1. The Bertz CT molecular complexity index is 334. The van der Waals surface area contributed by atoms with Crippen LogP contribution in [0.15, 0.2) is 24.3 Å². The van der Waals surface area contributed by atoms with Gasteiger partial charge in [-0.25, -0.2) is 0 Å². The highest BCUT2D eigenvalue weighted by Gasteiger charge is 2.36. The number of rotatable bonds is 5. The van der Waals surface area contributed by atoms with Gasteiger partial charge in [0.25, 0.3) is 0 Å². The Morgan fingerprint density at radius 2 is 1.44 bits per heavy atom. The van der Waals surface area contributed by atoms with Crippen molar-refractivity contribution in [2.45, 2.75) is 32.1 Å². The summed E-state index contributed by atoms with van der Waals surface area (Å²) < 4.78 is 5.98. The maximum Gasteiger partial charge on any atom is 0.0500 e. The molecule has 4 aliphatic carbocycles. The summed E-state index contributed by atoms with van der Waals surface area (Å²) in [5.74, 6) is 5.30. The molecule has 6 unspecified atom stereocenters. The van der Waals surface area contributed by atoms with Gasteiger partial charge in [0, 0.05) is 13.2 Å². The molecule has 0 aromatic rings. The lowest BCUT2D eigenvalue weighted by atomic mass is 9.91. The third-order valence-corrected chi connectivity index (χ3v) is 5.80. The van der Waals surface area contributed by atoms with E-state index in [1.54, 1.807) is 0 Å². The first-order valence-corrected chi connectivity index (χ1v) is 7.83. The summed E-state index contributed by atoms with van der Waals surface area (Å²) in [6.07, 6.45) is 16.7. The molecule has 18 heavy (non-hydrogen) atoms. The Morgan fingerprint density at radius 1 is 0.778 bits per heavy atom. The molecule has 0 aromatic heterocycles. The average molecular weight is 244 g/mol. The van der Waals surface area contributed by atoms with E-state index in [0.29, 0.717) is 0 Å². The Labute approximate surface area is 110 Å². The van der Waals surface area contributed by atoms with Crippen LogP contribution in [-0.2, 0) is 4.74 Å². The molecule has 0 aromatic carbocycles. The molecule has 0 heterocycles. The first kappa shape index (κ1) is 11.3. The largest absolute Gasteiger partial charge is 0.381 e. The molecule has 0 aliphatic heterocycles. The Kier molecular flexibility index (Phi) is 2.83. The summed E-state index contributed by atoms with van der Waals surface area (Å²) in [6, 6.07) is 0. The van der Waals surface area contributed by atoms with Crippen LogP contribution in [-0.4, -0.2) is 13.2 Å². The van der Waals surface area contributed by atoms with Gasteiger partial charge in [-0.15, -0.1) is 0 Å². The summed E-state index contributed by atoms with van der Waals surface area (Å²) in [6.45, 7) is 2.02. The van der Waals surface area contributed by atoms with Gasteiger partial charge >= 0.3 is 0 Å². The highest BCUT2D eigenvalue weighted by Crippen LogP contribution is 2.45. The third kappa shape index (κ3) is 1.97. The van der Waals surface area contributed by atoms with Crippen LogP contribution in [0, 0.1) is 35.5 Å². The molecule has 0 amide bonds. The van der Waals surface area contributed by atoms with Gasteiger partial charge < -0.3 is 4.74 Å². The van der Waals surface area contributed by atoms with Crippen LogP contribution < -0.4 is 0 Å². The zero-order chi connectivity index (χ0) is 11.9. The molecular formula is C17H24O. The van der Waals surface area contributed by atoms with E-state index in [-0.39, 0.29) is 0 Å². The van der Waals surface area contributed by atoms with Crippen LogP contribution >= 0.6 is 0 Å². The van der Waals surface area contributed by atoms with Crippen LogP contribution in [0.25, 0.3) is 0 Å². The fraction of sp³-hybridized carbons (Fsp3) is 0.765. The summed E-state index contributed by atoms with van der Waals surface area (Å²) >= 11 is 0. The van der Waals surface area contributed by atoms with Crippen molar-refractivity contribution in [1.29, 1.82) is 0 Å². The van der Waals surface area contributed by atoms with E-state index in [2.05, 4.69) is 24.3 Å². The molecule has 0 radical (unpaired) electrons. The molecule has 0 spiro atoms. The fourth-order valence-electron chi connectivity index (χ4n) is 4.78. The van der Waals surface area contributed by atoms with Gasteiger partial charge in [-0.3, -0.25) is 0 Å². The molecule has 0 saturated heterocycles. The lowest BCUT2D eigenvalue weighted by Gasteiger charge is -2.20. The van der Waals surface area contributed by atoms with E-state index in [1.165, 1.54) is 32.1 Å². The number of allylic oxidation sites excluding steroid dienone is 4. The minimum atomic E-state index is 0.833. The van der Waals surface area contributed by atoms with Crippen LogP contribution in [0.5, 0.6) is 0 Å². The van der Waals surface area contributed by atoms with Crippen molar-refractivity contribution in [1.82, 2.24) is 0 Å². The highest BCUT2D eigenvalue weighted by molar-refractivity contribution is 5.10. The summed E-state index contributed by atoms with van der Waals surface area (Å²) in [4.78, 5) is 0. The number of hydrogen-bond donors (Lipinski definition) is 0. The number of fused-ring (bicyclic) bond motifs is 4. The molecule has 1 heteroatoms. The van der Waals surface area contributed by atoms with Crippen molar-refractivity contribution >= 4 is 0 Å². The van der Waals surface area contributed by atoms with Crippen molar-refractivity contribution < 1.29 is 4.74 Å². The molecular weight excluding hydrogens is 220 g/mol. The normalized spacial score (nSPS) is 47.6. The first-order chi connectivity index (χ1) is 8.88. The van der Waals surface area contributed by atoms with Gasteiger partial charge in [0.2, 0.25) is 0 Å². The van der Waals surface area contributed by atoms with E-state index in [0.717, 1.165) is 48.7 Å². The Balaban J connectivity index is 1.17. The summed E-state index contributed by atoms with van der Waals surface area (Å²) in [5, 5.41) is 0.